The number of hydrogen-bond donors (Lipinski definition) is 0. The van der Waals surface area contributed by atoms with Crippen LogP contribution in [0.1, 0.15) is 0 Å². The van der Waals surface area contributed by atoms with E-state index < -0.39 is 0 Å². The van der Waals surface area contributed by atoms with Crippen molar-refractivity contribution in [2.75, 3.05) is 0 Å². The Morgan fingerprint density at radius 2 is 1.80 bits per heavy atom. The average molecular weight is 329 g/mol. The first-order valence-corrected chi connectivity index (χ1v) is 10.4. The maximum atomic E-state index is 10.9. The van der Waals surface area contributed by atoms with Crippen molar-refractivity contribution in [3.05, 3.63) is 40.4 Å². The van der Waals surface area contributed by atoms with Gasteiger partial charge < -0.3 is 0 Å². The zero-order valence-corrected chi connectivity index (χ0v) is 10.9. The molecular weight excluding hydrogens is 324 g/mol. The first-order chi connectivity index (χ1) is 7.27. The topological polar surface area (TPSA) is 43.1 Å². The van der Waals surface area contributed by atoms with Crippen molar-refractivity contribution >= 4 is 51.6 Å². The van der Waals surface area contributed by atoms with Crippen LogP contribution in [0.3, 0.4) is 0 Å². The van der Waals surface area contributed by atoms with E-state index in [4.69, 9.17) is 0 Å². The van der Waals surface area contributed by atoms with E-state index in [0.717, 1.165) is 10.8 Å². The van der Waals surface area contributed by atoms with Crippen LogP contribution in [0.2, 0.25) is 0 Å². The molecule has 1 aliphatic rings. The second-order valence-electron chi connectivity index (χ2n) is 3.19. The summed E-state index contributed by atoms with van der Waals surface area (Å²) in [4.78, 5) is 10.6. The molecule has 5 heteroatoms. The summed E-state index contributed by atoms with van der Waals surface area (Å²) in [7, 11) is 0. The van der Waals surface area contributed by atoms with Gasteiger partial charge in [0.2, 0.25) is 0 Å². The van der Waals surface area contributed by atoms with Crippen molar-refractivity contribution in [3.8, 4) is 0 Å². The summed E-state index contributed by atoms with van der Waals surface area (Å²) in [6.45, 7) is 0. The van der Waals surface area contributed by atoms with Gasteiger partial charge in [-0.1, -0.05) is 0 Å². The van der Waals surface area contributed by atoms with Crippen LogP contribution in [0.4, 0.5) is 5.69 Å². The van der Waals surface area contributed by atoms with E-state index in [2.05, 4.69) is 6.07 Å². The maximum absolute atomic E-state index is 10.9. The molecule has 1 heterocycles. The van der Waals surface area contributed by atoms with Gasteiger partial charge in [0.15, 0.2) is 0 Å². The first-order valence-electron chi connectivity index (χ1n) is 4.32. The third-order valence-electron chi connectivity index (χ3n) is 2.36. The Hall–Kier alpha value is -0.861. The number of non-ortho nitro benzene ring substituents is 1. The standard InChI is InChI=1S/C10H5NO2Se2/c12-11(13)7-4-5-9-10-6(7)2-1-3-8(10)14-15-9/h1-5H. The quantitative estimate of drug-likeness (QED) is 0.430. The van der Waals surface area contributed by atoms with Crippen molar-refractivity contribution in [2.45, 2.75) is 0 Å². The van der Waals surface area contributed by atoms with Crippen molar-refractivity contribution in [3.63, 3.8) is 0 Å². The van der Waals surface area contributed by atoms with Crippen molar-refractivity contribution in [1.82, 2.24) is 0 Å². The molecule has 3 nitrogen and oxygen atoms in total. The normalized spacial score (nSPS) is 13.3. The molecule has 0 N–H and O–H groups in total. The Labute approximate surface area is 96.9 Å². The fourth-order valence-electron chi connectivity index (χ4n) is 1.71. The Morgan fingerprint density at radius 3 is 2.53 bits per heavy atom. The zero-order chi connectivity index (χ0) is 10.4. The molecule has 15 heavy (non-hydrogen) atoms. The molecule has 0 saturated carbocycles. The average Bonchev–Trinajstić information content (AvgIpc) is 2.64. The fourth-order valence-corrected chi connectivity index (χ4v) is 9.22. The fraction of sp³-hybridized carbons (Fsp3) is 0. The van der Waals surface area contributed by atoms with Gasteiger partial charge >= 0.3 is 97.0 Å². The van der Waals surface area contributed by atoms with E-state index in [1.807, 2.05) is 18.2 Å². The molecule has 74 valence electrons. The SMILES string of the molecule is O=[N+]([O-])c1ccc2c3c(cccc13)[Se][Se]2. The van der Waals surface area contributed by atoms with Gasteiger partial charge in [0, 0.05) is 0 Å². The van der Waals surface area contributed by atoms with Crippen LogP contribution in [0.5, 0.6) is 0 Å². The van der Waals surface area contributed by atoms with Gasteiger partial charge in [-0.2, -0.15) is 0 Å². The van der Waals surface area contributed by atoms with Crippen LogP contribution in [0.15, 0.2) is 30.3 Å². The van der Waals surface area contributed by atoms with Gasteiger partial charge in [-0.05, 0) is 0 Å². The van der Waals surface area contributed by atoms with E-state index in [1.165, 1.54) is 8.92 Å². The van der Waals surface area contributed by atoms with Gasteiger partial charge in [-0.25, -0.2) is 0 Å². The van der Waals surface area contributed by atoms with E-state index in [1.54, 1.807) is 6.07 Å². The van der Waals surface area contributed by atoms with Crippen molar-refractivity contribution in [2.24, 2.45) is 0 Å². The van der Waals surface area contributed by atoms with E-state index in [-0.39, 0.29) is 10.6 Å². The molecule has 0 aromatic heterocycles. The summed E-state index contributed by atoms with van der Waals surface area (Å²) >= 11 is 1.04. The predicted molar refractivity (Wildman–Crippen MR) is 61.4 cm³/mol. The van der Waals surface area contributed by atoms with Gasteiger partial charge in [-0.3, -0.25) is 0 Å². The number of rotatable bonds is 1. The Morgan fingerprint density at radius 1 is 1.07 bits per heavy atom. The number of nitrogens with zero attached hydrogens (tertiary/aromatic N) is 1. The molecule has 0 bridgehead atoms. The second kappa shape index (κ2) is 3.32. The van der Waals surface area contributed by atoms with E-state index >= 15 is 0 Å². The van der Waals surface area contributed by atoms with Crippen LogP contribution in [0, 0.1) is 10.1 Å². The summed E-state index contributed by atoms with van der Waals surface area (Å²) in [6, 6.07) is 9.46. The zero-order valence-electron chi connectivity index (χ0n) is 7.47. The van der Waals surface area contributed by atoms with Gasteiger partial charge in [0.1, 0.15) is 0 Å². The minimum absolute atomic E-state index is 0.240. The molecule has 0 aliphatic carbocycles. The second-order valence-corrected chi connectivity index (χ2v) is 9.36. The van der Waals surface area contributed by atoms with Crippen LogP contribution >= 0.6 is 0 Å². The van der Waals surface area contributed by atoms with Crippen molar-refractivity contribution < 1.29 is 4.92 Å². The summed E-state index contributed by atoms with van der Waals surface area (Å²) < 4.78 is 2.66. The number of benzene rings is 2. The molecule has 1 aliphatic heterocycles. The molecule has 0 atom stereocenters. The number of hydrogen-bond acceptors (Lipinski definition) is 2. The van der Waals surface area contributed by atoms with Gasteiger partial charge in [-0.15, -0.1) is 0 Å². The van der Waals surface area contributed by atoms with E-state index in [0.29, 0.717) is 26.3 Å². The predicted octanol–water partition coefficient (Wildman–Crippen LogP) is 0.336. The summed E-state index contributed by atoms with van der Waals surface area (Å²) in [5.41, 5.74) is 0.240. The Kier molecular flexibility index (Phi) is 2.08. The molecule has 2 aromatic carbocycles. The Balaban J connectivity index is 2.48. The molecule has 0 saturated heterocycles. The molecule has 0 radical (unpaired) electrons. The van der Waals surface area contributed by atoms with Crippen molar-refractivity contribution in [1.29, 1.82) is 0 Å². The van der Waals surface area contributed by atoms with Gasteiger partial charge in [0.05, 0.1) is 0 Å². The van der Waals surface area contributed by atoms with Crippen LogP contribution in [-0.4, -0.2) is 31.2 Å². The molecule has 0 unspecified atom stereocenters. The molecule has 0 spiro atoms. The monoisotopic (exact) mass is 331 g/mol. The van der Waals surface area contributed by atoms with E-state index in [9.17, 15) is 10.1 Å². The molecule has 3 rings (SSSR count). The van der Waals surface area contributed by atoms with Crippen LogP contribution in [-0.2, 0) is 0 Å². The van der Waals surface area contributed by atoms with Crippen LogP contribution in [0.25, 0.3) is 10.8 Å². The third-order valence-corrected chi connectivity index (χ3v) is 9.54. The van der Waals surface area contributed by atoms with Gasteiger partial charge in [0.25, 0.3) is 0 Å². The number of nitro benzene ring substituents is 1. The molecule has 0 amide bonds. The summed E-state index contributed by atoms with van der Waals surface area (Å²) in [5.74, 6) is 0. The molecule has 2 aromatic rings. The molecular formula is C10H5NO2Se2. The summed E-state index contributed by atoms with van der Waals surface area (Å²) in [6.07, 6.45) is 0. The number of nitro groups is 1. The molecule has 0 fully saturated rings. The summed E-state index contributed by atoms with van der Waals surface area (Å²) in [5, 5.41) is 12.8. The van der Waals surface area contributed by atoms with Crippen LogP contribution < -0.4 is 8.92 Å². The Bertz CT molecular complexity index is 573. The minimum atomic E-state index is -0.290. The third kappa shape index (κ3) is 1.32. The first kappa shape index (κ1) is 9.37.